The molecule has 0 N–H and O–H groups in total. The SMILES string of the molecule is O=C(Cc1ccccc1)[Si](c1ccccc1)(c1ccccc1)c1ccccc1. The molecule has 0 aliphatic carbocycles. The third-order valence-electron chi connectivity index (χ3n) is 5.25. The summed E-state index contributed by atoms with van der Waals surface area (Å²) in [6.45, 7) is 0. The van der Waals surface area contributed by atoms with E-state index in [0.717, 1.165) is 21.1 Å². The fourth-order valence-electron chi connectivity index (χ4n) is 3.96. The minimum atomic E-state index is -2.85. The van der Waals surface area contributed by atoms with Crippen molar-refractivity contribution < 1.29 is 4.79 Å². The quantitative estimate of drug-likeness (QED) is 0.371. The molecule has 0 unspecified atom stereocenters. The monoisotopic (exact) mass is 378 g/mol. The molecule has 0 radical (unpaired) electrons. The van der Waals surface area contributed by atoms with Gasteiger partial charge in [0.1, 0.15) is 5.41 Å². The van der Waals surface area contributed by atoms with E-state index in [4.69, 9.17) is 0 Å². The van der Waals surface area contributed by atoms with E-state index in [1.807, 2.05) is 84.9 Å². The topological polar surface area (TPSA) is 17.1 Å². The van der Waals surface area contributed by atoms with Crippen molar-refractivity contribution >= 4 is 29.0 Å². The maximum Gasteiger partial charge on any atom is 0.224 e. The summed E-state index contributed by atoms with van der Waals surface area (Å²) in [7, 11) is -2.85. The van der Waals surface area contributed by atoms with Gasteiger partial charge in [0.2, 0.25) is 8.07 Å². The molecule has 0 heterocycles. The number of hydrogen-bond acceptors (Lipinski definition) is 1. The second kappa shape index (κ2) is 8.20. The molecule has 0 aromatic heterocycles. The van der Waals surface area contributed by atoms with E-state index in [2.05, 4.69) is 36.4 Å². The Hall–Kier alpha value is -3.23. The molecule has 1 nitrogen and oxygen atoms in total. The molecule has 28 heavy (non-hydrogen) atoms. The minimum Gasteiger partial charge on any atom is -0.304 e. The van der Waals surface area contributed by atoms with Crippen LogP contribution < -0.4 is 15.6 Å². The predicted octanol–water partition coefficient (Wildman–Crippen LogP) is 3.51. The van der Waals surface area contributed by atoms with Gasteiger partial charge in [-0.2, -0.15) is 0 Å². The lowest BCUT2D eigenvalue weighted by atomic mass is 10.2. The van der Waals surface area contributed by atoms with Gasteiger partial charge in [0.05, 0.1) is 0 Å². The van der Waals surface area contributed by atoms with Crippen LogP contribution in [0.2, 0.25) is 0 Å². The number of benzene rings is 4. The van der Waals surface area contributed by atoms with Crippen molar-refractivity contribution in [1.29, 1.82) is 0 Å². The Morgan fingerprint density at radius 3 is 1.18 bits per heavy atom. The molecule has 2 heteroatoms. The third-order valence-corrected chi connectivity index (χ3v) is 9.86. The van der Waals surface area contributed by atoms with Crippen molar-refractivity contribution in [2.75, 3.05) is 0 Å². The van der Waals surface area contributed by atoms with Gasteiger partial charge in [0, 0.05) is 6.42 Å². The highest BCUT2D eigenvalue weighted by molar-refractivity contribution is 7.30. The lowest BCUT2D eigenvalue weighted by Crippen LogP contribution is -2.73. The van der Waals surface area contributed by atoms with Crippen LogP contribution >= 0.6 is 0 Å². The van der Waals surface area contributed by atoms with Gasteiger partial charge in [0.15, 0.2) is 0 Å². The standard InChI is InChI=1S/C26H22OSi/c27-26(21-22-13-5-1-6-14-22)28(23-15-7-2-8-16-23,24-17-9-3-10-18-24)25-19-11-4-12-20-25/h1-20H,21H2. The molecule has 0 amide bonds. The lowest BCUT2D eigenvalue weighted by molar-refractivity contribution is -0.111. The molecule has 0 fully saturated rings. The Morgan fingerprint density at radius 2 is 0.821 bits per heavy atom. The minimum absolute atomic E-state index is 0.308. The average molecular weight is 379 g/mol. The fraction of sp³-hybridized carbons (Fsp3) is 0.0385. The maximum atomic E-state index is 14.1. The van der Waals surface area contributed by atoms with Crippen molar-refractivity contribution in [1.82, 2.24) is 0 Å². The lowest BCUT2D eigenvalue weighted by Gasteiger charge is -2.32. The highest BCUT2D eigenvalue weighted by Crippen LogP contribution is 2.13. The molecular formula is C26H22OSi. The Balaban J connectivity index is 1.97. The van der Waals surface area contributed by atoms with Gasteiger partial charge in [-0.3, -0.25) is 0 Å². The predicted molar refractivity (Wildman–Crippen MR) is 119 cm³/mol. The molecule has 0 saturated heterocycles. The van der Waals surface area contributed by atoms with Crippen LogP contribution in [0.4, 0.5) is 0 Å². The summed E-state index contributed by atoms with van der Waals surface area (Å²) >= 11 is 0. The first-order valence-electron chi connectivity index (χ1n) is 9.55. The van der Waals surface area contributed by atoms with Gasteiger partial charge in [0.25, 0.3) is 0 Å². The summed E-state index contributed by atoms with van der Waals surface area (Å²) < 4.78 is 0. The molecule has 0 spiro atoms. The molecule has 0 bridgehead atoms. The molecule has 0 atom stereocenters. The van der Waals surface area contributed by atoms with Gasteiger partial charge in [-0.1, -0.05) is 121 Å². The highest BCUT2D eigenvalue weighted by Gasteiger charge is 2.46. The largest absolute Gasteiger partial charge is 0.304 e. The second-order valence-electron chi connectivity index (χ2n) is 6.93. The molecule has 0 saturated carbocycles. The first-order valence-corrected chi connectivity index (χ1v) is 11.6. The van der Waals surface area contributed by atoms with E-state index in [-0.39, 0.29) is 0 Å². The van der Waals surface area contributed by atoms with Crippen LogP contribution in [0.1, 0.15) is 5.56 Å². The molecule has 0 aliphatic rings. The van der Waals surface area contributed by atoms with Crippen LogP contribution in [0.25, 0.3) is 0 Å². The van der Waals surface area contributed by atoms with Crippen LogP contribution in [-0.4, -0.2) is 13.5 Å². The number of hydrogen-bond donors (Lipinski definition) is 0. The average Bonchev–Trinajstić information content (AvgIpc) is 2.77. The van der Waals surface area contributed by atoms with E-state index in [9.17, 15) is 4.79 Å². The Bertz CT molecular complexity index is 932. The van der Waals surface area contributed by atoms with Crippen molar-refractivity contribution in [3.63, 3.8) is 0 Å². The summed E-state index contributed by atoms with van der Waals surface area (Å²) in [6, 6.07) is 41.1. The van der Waals surface area contributed by atoms with Crippen molar-refractivity contribution in [2.24, 2.45) is 0 Å². The van der Waals surface area contributed by atoms with Crippen LogP contribution in [0, 0.1) is 0 Å². The van der Waals surface area contributed by atoms with E-state index >= 15 is 0 Å². The smallest absolute Gasteiger partial charge is 0.224 e. The molecule has 136 valence electrons. The zero-order valence-corrected chi connectivity index (χ0v) is 16.7. The van der Waals surface area contributed by atoms with Crippen LogP contribution in [0.3, 0.4) is 0 Å². The Morgan fingerprint density at radius 1 is 0.500 bits per heavy atom. The first-order chi connectivity index (χ1) is 13.8. The van der Waals surface area contributed by atoms with Crippen LogP contribution in [-0.2, 0) is 11.2 Å². The summed E-state index contributed by atoms with van der Waals surface area (Å²) in [5, 5.41) is 3.71. The summed E-state index contributed by atoms with van der Waals surface area (Å²) in [6.07, 6.45) is 0.436. The summed E-state index contributed by atoms with van der Waals surface area (Å²) in [5.41, 5.74) is 1.06. The molecule has 4 aromatic carbocycles. The highest BCUT2D eigenvalue weighted by atomic mass is 28.3. The molecular weight excluding hydrogens is 356 g/mol. The van der Waals surface area contributed by atoms with E-state index in [0.29, 0.717) is 11.8 Å². The van der Waals surface area contributed by atoms with Gasteiger partial charge < -0.3 is 4.79 Å². The number of carbonyl (C=O) groups is 1. The zero-order chi connectivity index (χ0) is 19.2. The van der Waals surface area contributed by atoms with Gasteiger partial charge in [-0.15, -0.1) is 0 Å². The maximum absolute atomic E-state index is 14.1. The normalized spacial score (nSPS) is 11.1. The van der Waals surface area contributed by atoms with E-state index in [1.165, 1.54) is 0 Å². The van der Waals surface area contributed by atoms with Crippen LogP contribution in [0.15, 0.2) is 121 Å². The molecule has 4 rings (SSSR count). The molecule has 4 aromatic rings. The van der Waals surface area contributed by atoms with Crippen molar-refractivity contribution in [3.8, 4) is 0 Å². The Kier molecular flexibility index (Phi) is 5.31. The van der Waals surface area contributed by atoms with Crippen molar-refractivity contribution in [2.45, 2.75) is 6.42 Å². The van der Waals surface area contributed by atoms with E-state index in [1.54, 1.807) is 0 Å². The second-order valence-corrected chi connectivity index (χ2v) is 10.7. The zero-order valence-electron chi connectivity index (χ0n) is 15.7. The van der Waals surface area contributed by atoms with Gasteiger partial charge in [-0.25, -0.2) is 0 Å². The Labute approximate surface area is 167 Å². The third kappa shape index (κ3) is 3.35. The summed E-state index contributed by atoms with van der Waals surface area (Å²) in [5.74, 6) is 0. The van der Waals surface area contributed by atoms with Gasteiger partial charge >= 0.3 is 0 Å². The van der Waals surface area contributed by atoms with E-state index < -0.39 is 8.07 Å². The molecule has 0 aliphatic heterocycles. The summed E-state index contributed by atoms with van der Waals surface area (Å²) in [4.78, 5) is 14.1. The first kappa shape index (κ1) is 18.1. The van der Waals surface area contributed by atoms with Gasteiger partial charge in [-0.05, 0) is 21.1 Å². The van der Waals surface area contributed by atoms with Crippen molar-refractivity contribution in [3.05, 3.63) is 127 Å². The van der Waals surface area contributed by atoms with Crippen LogP contribution in [0.5, 0.6) is 0 Å². The number of carbonyl (C=O) groups excluding carboxylic acids is 1. The fourth-order valence-corrected chi connectivity index (χ4v) is 8.47. The number of rotatable bonds is 6.